The molecule has 242 valence electrons. The van der Waals surface area contributed by atoms with Gasteiger partial charge in [-0.05, 0) is 68.8 Å². The Morgan fingerprint density at radius 3 is 2.47 bits per heavy atom. The Kier molecular flexibility index (Phi) is 10.1. The zero-order valence-electron chi connectivity index (χ0n) is 26.6. The first kappa shape index (κ1) is 32.3. The maximum Gasteiger partial charge on any atom is 0.257 e. The molecular formula is C35H45Cl2N5O3. The molecule has 2 atom stereocenters. The van der Waals surface area contributed by atoms with Crippen LogP contribution in [0.25, 0.3) is 10.9 Å². The Hall–Kier alpha value is -2.62. The van der Waals surface area contributed by atoms with E-state index in [1.165, 1.54) is 12.8 Å². The number of carbonyl (C=O) groups excluding carboxylic acids is 2. The smallest absolute Gasteiger partial charge is 0.257 e. The van der Waals surface area contributed by atoms with E-state index in [9.17, 15) is 9.59 Å². The van der Waals surface area contributed by atoms with Crippen LogP contribution in [0.15, 0.2) is 42.6 Å². The van der Waals surface area contributed by atoms with Crippen LogP contribution in [0.1, 0.15) is 54.9 Å². The van der Waals surface area contributed by atoms with Gasteiger partial charge < -0.3 is 24.4 Å². The molecule has 1 saturated carbocycles. The average Bonchev–Trinajstić information content (AvgIpc) is 3.61. The third kappa shape index (κ3) is 7.36. The van der Waals surface area contributed by atoms with Crippen LogP contribution < -0.4 is 5.32 Å². The molecule has 2 amide bonds. The molecule has 1 N–H and O–H groups in total. The molecule has 2 aliphatic heterocycles. The third-order valence-corrected chi connectivity index (χ3v) is 10.8. The van der Waals surface area contributed by atoms with Crippen molar-refractivity contribution in [2.45, 2.75) is 63.6 Å². The molecule has 2 aromatic carbocycles. The standard InChI is InChI=1S/C35H45Cl2N5O3/c1-23-8-10-27(11-9-23)45-22-26-18-25(41-14-12-39(2)13-15-41)20-42(26)34(43)17-24-16-31(37)32(19-30(24)36)38-35(44)29-21-40(3)33-7-5-4-6-28(29)33/h4-7,16,19,21,23,25-27H,8-15,17-18,20,22H2,1-3H3,(H,38,44)/t23?,25-,26-,27?/m0/s1. The van der Waals surface area contributed by atoms with E-state index in [-0.39, 0.29) is 30.4 Å². The lowest BCUT2D eigenvalue weighted by Crippen LogP contribution is -2.50. The van der Waals surface area contributed by atoms with Crippen LogP contribution in [0.2, 0.25) is 10.0 Å². The fourth-order valence-electron chi connectivity index (χ4n) is 7.25. The van der Waals surface area contributed by atoms with Crippen molar-refractivity contribution < 1.29 is 14.3 Å². The number of nitrogens with zero attached hydrogens (tertiary/aromatic N) is 4. The van der Waals surface area contributed by atoms with Gasteiger partial charge in [-0.3, -0.25) is 14.5 Å². The van der Waals surface area contributed by atoms with Crippen LogP contribution in [0, 0.1) is 5.92 Å². The number of likely N-dealkylation sites (tertiary alicyclic amines) is 1. The highest BCUT2D eigenvalue weighted by atomic mass is 35.5. The van der Waals surface area contributed by atoms with E-state index in [1.807, 2.05) is 47.0 Å². The Morgan fingerprint density at radius 1 is 0.978 bits per heavy atom. The Labute approximate surface area is 276 Å². The molecule has 0 radical (unpaired) electrons. The summed E-state index contributed by atoms with van der Waals surface area (Å²) in [5.41, 5.74) is 2.59. The monoisotopic (exact) mass is 653 g/mol. The first-order valence-electron chi connectivity index (χ1n) is 16.3. The number of hydrogen-bond donors (Lipinski definition) is 1. The van der Waals surface area contributed by atoms with Gasteiger partial charge in [0.25, 0.3) is 5.91 Å². The number of aromatic nitrogens is 1. The Bertz CT molecular complexity index is 1530. The molecular weight excluding hydrogens is 609 g/mol. The molecule has 0 bridgehead atoms. The number of aryl methyl sites for hydroxylation is 1. The zero-order chi connectivity index (χ0) is 31.7. The molecule has 3 heterocycles. The fourth-order valence-corrected chi connectivity index (χ4v) is 7.71. The second kappa shape index (κ2) is 14.0. The number of piperazine rings is 1. The molecule has 0 unspecified atom stereocenters. The third-order valence-electron chi connectivity index (χ3n) is 10.1. The maximum absolute atomic E-state index is 13.9. The van der Waals surface area contributed by atoms with Crippen molar-refractivity contribution in [3.63, 3.8) is 0 Å². The minimum Gasteiger partial charge on any atom is -0.376 e. The summed E-state index contributed by atoms with van der Waals surface area (Å²) in [5.74, 6) is 0.532. The van der Waals surface area contributed by atoms with E-state index in [1.54, 1.807) is 12.1 Å². The van der Waals surface area contributed by atoms with E-state index in [0.29, 0.717) is 46.1 Å². The summed E-state index contributed by atoms with van der Waals surface area (Å²) in [5, 5.41) is 4.53. The molecule has 1 aromatic heterocycles. The summed E-state index contributed by atoms with van der Waals surface area (Å²) in [6.07, 6.45) is 7.77. The number of anilines is 1. The summed E-state index contributed by atoms with van der Waals surface area (Å²) in [4.78, 5) is 34.1. The Balaban J connectivity index is 1.14. The van der Waals surface area contributed by atoms with Crippen LogP contribution in [-0.2, 0) is 23.0 Å². The number of hydrogen-bond acceptors (Lipinski definition) is 5. The number of fused-ring (bicyclic) bond motifs is 1. The van der Waals surface area contributed by atoms with Crippen LogP contribution in [0.4, 0.5) is 5.69 Å². The molecule has 45 heavy (non-hydrogen) atoms. The van der Waals surface area contributed by atoms with Crippen LogP contribution in [0.5, 0.6) is 0 Å². The van der Waals surface area contributed by atoms with Gasteiger partial charge in [0, 0.05) is 67.9 Å². The van der Waals surface area contributed by atoms with Crippen LogP contribution in [-0.4, -0.2) is 95.6 Å². The minimum atomic E-state index is -0.268. The lowest BCUT2D eigenvalue weighted by Gasteiger charge is -2.36. The second-order valence-electron chi connectivity index (χ2n) is 13.4. The van der Waals surface area contributed by atoms with Crippen molar-refractivity contribution in [1.82, 2.24) is 19.3 Å². The highest BCUT2D eigenvalue weighted by Gasteiger charge is 2.39. The van der Waals surface area contributed by atoms with Crippen LogP contribution in [0.3, 0.4) is 0 Å². The number of ether oxygens (including phenoxy) is 1. The van der Waals surface area contributed by atoms with Gasteiger partial charge in [0.1, 0.15) is 0 Å². The molecule has 3 fully saturated rings. The van der Waals surface area contributed by atoms with Gasteiger partial charge >= 0.3 is 0 Å². The number of amides is 2. The predicted octanol–water partition coefficient (Wildman–Crippen LogP) is 6.09. The molecule has 8 nitrogen and oxygen atoms in total. The average molecular weight is 655 g/mol. The van der Waals surface area contributed by atoms with Crippen molar-refractivity contribution in [2.75, 3.05) is 51.7 Å². The lowest BCUT2D eigenvalue weighted by molar-refractivity contribution is -0.133. The molecule has 6 rings (SSSR count). The van der Waals surface area contributed by atoms with E-state index in [0.717, 1.165) is 62.3 Å². The lowest BCUT2D eigenvalue weighted by atomic mass is 9.89. The summed E-state index contributed by atoms with van der Waals surface area (Å²) < 4.78 is 8.37. The van der Waals surface area contributed by atoms with Gasteiger partial charge in [-0.25, -0.2) is 0 Å². The molecule has 3 aromatic rings. The second-order valence-corrected chi connectivity index (χ2v) is 14.2. The normalized spacial score (nSPS) is 24.8. The Morgan fingerprint density at radius 2 is 1.71 bits per heavy atom. The van der Waals surface area contributed by atoms with Crippen molar-refractivity contribution >= 4 is 51.6 Å². The predicted molar refractivity (Wildman–Crippen MR) is 181 cm³/mol. The summed E-state index contributed by atoms with van der Waals surface area (Å²) in [6.45, 7) is 7.71. The highest BCUT2D eigenvalue weighted by Crippen LogP contribution is 2.33. The molecule has 0 spiro atoms. The van der Waals surface area contributed by atoms with Gasteiger partial charge in [0.15, 0.2) is 0 Å². The van der Waals surface area contributed by atoms with E-state index < -0.39 is 0 Å². The van der Waals surface area contributed by atoms with Crippen LogP contribution >= 0.6 is 23.2 Å². The van der Waals surface area contributed by atoms with Gasteiger partial charge in [-0.1, -0.05) is 48.3 Å². The zero-order valence-corrected chi connectivity index (χ0v) is 28.1. The number of halogens is 2. The minimum absolute atomic E-state index is 0.0306. The number of para-hydroxylation sites is 1. The number of nitrogens with one attached hydrogen (secondary N) is 1. The van der Waals surface area contributed by atoms with Gasteiger partial charge in [-0.15, -0.1) is 0 Å². The summed E-state index contributed by atoms with van der Waals surface area (Å²) >= 11 is 13.4. The van der Waals surface area contributed by atoms with Gasteiger partial charge in [0.05, 0.1) is 41.4 Å². The SMILES string of the molecule is CC1CCC(OC[C@@H]2C[C@H](N3CCN(C)CC3)CN2C(=O)Cc2cc(Cl)c(NC(=O)c3cn(C)c4ccccc34)cc2Cl)CC1. The van der Waals surface area contributed by atoms with Crippen molar-refractivity contribution in [3.05, 3.63) is 63.8 Å². The fraction of sp³-hybridized carbons (Fsp3) is 0.543. The topological polar surface area (TPSA) is 70.1 Å². The van der Waals surface area contributed by atoms with Gasteiger partial charge in [0.2, 0.25) is 5.91 Å². The van der Waals surface area contributed by atoms with Crippen molar-refractivity contribution in [2.24, 2.45) is 13.0 Å². The van der Waals surface area contributed by atoms with E-state index in [4.69, 9.17) is 27.9 Å². The van der Waals surface area contributed by atoms with E-state index in [2.05, 4.69) is 29.1 Å². The summed E-state index contributed by atoms with van der Waals surface area (Å²) in [6, 6.07) is 11.5. The van der Waals surface area contributed by atoms with Crippen molar-refractivity contribution in [3.8, 4) is 0 Å². The van der Waals surface area contributed by atoms with Gasteiger partial charge in [-0.2, -0.15) is 0 Å². The number of rotatable bonds is 8. The highest BCUT2D eigenvalue weighted by molar-refractivity contribution is 6.36. The number of carbonyl (C=O) groups is 2. The number of benzene rings is 2. The first-order valence-corrected chi connectivity index (χ1v) is 17.1. The van der Waals surface area contributed by atoms with E-state index >= 15 is 0 Å². The first-order chi connectivity index (χ1) is 21.7. The molecule has 3 aliphatic rings. The maximum atomic E-state index is 13.9. The quantitative estimate of drug-likeness (QED) is 0.319. The molecule has 2 saturated heterocycles. The molecule has 1 aliphatic carbocycles. The molecule has 10 heteroatoms. The van der Waals surface area contributed by atoms with Crippen molar-refractivity contribution in [1.29, 1.82) is 0 Å². The largest absolute Gasteiger partial charge is 0.376 e. The summed E-state index contributed by atoms with van der Waals surface area (Å²) in [7, 11) is 4.08. The number of likely N-dealkylation sites (N-methyl/N-ethyl adjacent to an activating group) is 1.